The first-order chi connectivity index (χ1) is 29.8. The average Bonchev–Trinajstić information content (AvgIpc) is 3.85. The number of pyridine rings is 1. The maximum Gasteiger partial charge on any atom is 0.212 e. The van der Waals surface area contributed by atoms with Gasteiger partial charge in [-0.05, 0) is 88.7 Å². The molecule has 2 atom stereocenters. The molecule has 2 aliphatic heterocycles. The molecular weight excluding hydrogens is 1200 g/mol. The Bertz CT molecular complexity index is 2330. The second-order valence-corrected chi connectivity index (χ2v) is 15.4. The number of aromatic nitrogens is 3. The minimum Gasteiger partial charge on any atom is -0.358 e. The molecule has 4 aliphatic rings. The Morgan fingerprint density at radius 1 is 0.466 bits per heavy atom. The normalized spacial score (nSPS) is 13.3. The van der Waals surface area contributed by atoms with E-state index in [1.165, 1.54) is 61.3 Å². The second-order valence-electron chi connectivity index (χ2n) is 15.4. The quantitative estimate of drug-likeness (QED) is 0.121. The Morgan fingerprint density at radius 2 is 0.877 bits per heavy atom. The van der Waals surface area contributed by atoms with E-state index in [1.807, 2.05) is 83.1 Å². The molecule has 0 bridgehead atoms. The van der Waals surface area contributed by atoms with Gasteiger partial charge in [-0.15, -0.1) is 4.68 Å². The van der Waals surface area contributed by atoms with Crippen molar-refractivity contribution >= 4 is 0 Å². The monoisotopic (exact) mass is 1300 g/mol. The molecule has 2 aromatic heterocycles. The zero-order valence-electron chi connectivity index (χ0n) is 49.1. The van der Waals surface area contributed by atoms with Gasteiger partial charge in [-0.3, -0.25) is 0 Å². The maximum absolute atomic E-state index is 2.49. The van der Waals surface area contributed by atoms with Gasteiger partial charge in [0, 0.05) is 341 Å². The first-order valence-corrected chi connectivity index (χ1v) is 24.3. The van der Waals surface area contributed by atoms with Gasteiger partial charge in [0.15, 0.2) is 23.6 Å². The van der Waals surface area contributed by atoms with Gasteiger partial charge >= 0.3 is 0 Å². The van der Waals surface area contributed by atoms with E-state index in [0.29, 0.717) is 12.0 Å². The van der Waals surface area contributed by atoms with Crippen LogP contribution in [0.25, 0.3) is 22.3 Å². The van der Waals surface area contributed by atoms with Crippen LogP contribution in [0, 0.1) is 256 Å². The average molecular weight is 1300 g/mol. The molecule has 73 heavy (non-hydrogen) atoms. The zero-order chi connectivity index (χ0) is 45.7. The van der Waals surface area contributed by atoms with Crippen LogP contribution in [-0.2, 0) is 102 Å². The fourth-order valence-electron chi connectivity index (χ4n) is 9.99. The van der Waals surface area contributed by atoms with Crippen LogP contribution >= 0.6 is 0 Å². The predicted octanol–water partition coefficient (Wildman–Crippen LogP) is 17.2. The minimum atomic E-state index is -0.0226. The van der Waals surface area contributed by atoms with Crippen LogP contribution in [0.1, 0.15) is 187 Å². The van der Waals surface area contributed by atoms with Crippen molar-refractivity contribution in [2.45, 2.75) is 173 Å². The first kappa shape index (κ1) is 100. The number of nitrogens with zero attached hydrogens (tertiary/aromatic N) is 3. The van der Waals surface area contributed by atoms with Gasteiger partial charge in [0.05, 0.1) is 12.1 Å². The molecule has 10 rings (SSSR count). The maximum atomic E-state index is 2.49. The number of fused-ring (bicyclic) bond motifs is 8. The molecule has 2 radical (unpaired) electrons. The Morgan fingerprint density at radius 3 is 1.34 bits per heavy atom. The molecule has 0 spiro atoms. The Hall–Kier alpha value is 5.01. The first-order valence-electron chi connectivity index (χ1n) is 24.3. The van der Waals surface area contributed by atoms with Crippen LogP contribution in [0.4, 0.5) is 0 Å². The molecule has 2 aliphatic carbocycles. The van der Waals surface area contributed by atoms with E-state index in [2.05, 4.69) is 171 Å². The van der Waals surface area contributed by atoms with E-state index in [0.717, 1.165) is 25.7 Å². The molecule has 4 heterocycles. The minimum absolute atomic E-state index is 0. The van der Waals surface area contributed by atoms with Crippen molar-refractivity contribution in [3.05, 3.63) is 196 Å². The van der Waals surface area contributed by atoms with Crippen molar-refractivity contribution in [1.29, 1.82) is 0 Å². The molecule has 0 saturated heterocycles. The summed E-state index contributed by atoms with van der Waals surface area (Å²) in [6.45, 7) is 37.9. The summed E-state index contributed by atoms with van der Waals surface area (Å²) in [6.07, 6.45) is 11.1. The number of hydrogen-bond acceptors (Lipinski definition) is 0. The standard InChI is InChI=1S/C24H24N.C22H23N2.6C2H6.4CH3.6Ar.2Y/c1-4-16-9-7-10-17-18-11-8-12-21-23(18)20(15-19(16)17)22-13-5-6-14-25(22)24(21,2)3;1-4-15-8-5-9-16-17-10-6-11-19-21(17)20(14-18(15)16)23-12-7-13-24(23)22(19,2)3;6*1-2;;;;;;;;;;;;/h5-14,20H,4,15H2,1-3H3;5-13,20H,4,14H2,1-3H3;6*1-2H3;4*1H3;;;;;;;;/q2*+1;;;;;;;4*-1;;;;;;;;. The molecule has 0 fully saturated rings. The molecule has 4 aromatic carbocycles. The summed E-state index contributed by atoms with van der Waals surface area (Å²) < 4.78 is 7.34. The van der Waals surface area contributed by atoms with Crippen LogP contribution in [0.15, 0.2) is 116 Å². The molecule has 11 heteroatoms. The SMILES string of the molecule is CC.CC.CC.CC.CC.CC.CCc1cccc2c1CC1c3c-2cccc3C(C)(C)[n+]2ccccc21.CCc1cccc2c1CC1c3c-2cccc3C(C)(C)n2ccc[n+]21.[Ar].[Ar].[Ar].[Ar].[Ar].[Ar].[CH3-].[CH3-].[CH3-].[CH3-].[Y].[Y]. The smallest absolute Gasteiger partial charge is 0.212 e. The number of benzene rings is 4. The van der Waals surface area contributed by atoms with E-state index in [4.69, 9.17) is 0 Å². The number of rotatable bonds is 2. The van der Waals surface area contributed by atoms with Gasteiger partial charge in [-0.1, -0.05) is 176 Å². The third kappa shape index (κ3) is 21.5. The Labute approximate surface area is 682 Å². The summed E-state index contributed by atoms with van der Waals surface area (Å²) in [5, 5.41) is 0. The van der Waals surface area contributed by atoms with E-state index in [1.54, 1.807) is 11.1 Å². The third-order valence-electron chi connectivity index (χ3n) is 12.4. The Kier molecular flexibility index (Phi) is 69.0. The number of hydrogen-bond donors (Lipinski definition) is 0. The van der Waals surface area contributed by atoms with Gasteiger partial charge in [-0.2, -0.15) is 9.25 Å². The summed E-state index contributed by atoms with van der Waals surface area (Å²) in [6, 6.07) is 36.7. The molecule has 0 saturated carbocycles. The van der Waals surface area contributed by atoms with E-state index >= 15 is 0 Å². The van der Waals surface area contributed by atoms with Gasteiger partial charge in [0.25, 0.3) is 0 Å². The third-order valence-corrected chi connectivity index (χ3v) is 12.4. The van der Waals surface area contributed by atoms with Crippen molar-refractivity contribution in [1.82, 2.24) is 4.68 Å². The van der Waals surface area contributed by atoms with Crippen molar-refractivity contribution in [3.8, 4) is 22.3 Å². The van der Waals surface area contributed by atoms with Crippen molar-refractivity contribution < 1.29 is 301 Å². The summed E-state index contributed by atoms with van der Waals surface area (Å²) >= 11 is 0. The van der Waals surface area contributed by atoms with Crippen molar-refractivity contribution in [2.75, 3.05) is 0 Å². The topological polar surface area (TPSA) is 12.7 Å². The van der Waals surface area contributed by atoms with Crippen LogP contribution in [0.3, 0.4) is 0 Å². The van der Waals surface area contributed by atoms with Crippen molar-refractivity contribution in [3.63, 3.8) is 0 Å². The van der Waals surface area contributed by atoms with E-state index < -0.39 is 0 Å². The van der Waals surface area contributed by atoms with Gasteiger partial charge in [-0.25, -0.2) is 0 Å². The van der Waals surface area contributed by atoms with Crippen LogP contribution in [0.2, 0.25) is 0 Å². The fraction of sp³-hybridized carbons (Fsp3) is 0.419. The molecular formula is C62H95Ar6N3Y2-2. The van der Waals surface area contributed by atoms with E-state index in [9.17, 15) is 0 Å². The van der Waals surface area contributed by atoms with Gasteiger partial charge in [0.1, 0.15) is 5.54 Å². The fourth-order valence-corrected chi connectivity index (χ4v) is 9.99. The second kappa shape index (κ2) is 50.3. The van der Waals surface area contributed by atoms with Gasteiger partial charge in [0.2, 0.25) is 6.04 Å². The van der Waals surface area contributed by atoms with Crippen LogP contribution in [-0.4, -0.2) is 4.68 Å². The largest absolute Gasteiger partial charge is 0.358 e. The summed E-state index contributed by atoms with van der Waals surface area (Å²) in [5.74, 6) is 0.459. The summed E-state index contributed by atoms with van der Waals surface area (Å²) in [5.41, 5.74) is 19.3. The molecule has 6 aromatic rings. The molecule has 414 valence electrons. The number of aryl methyl sites for hydroxylation is 2. The predicted molar refractivity (Wildman–Crippen MR) is 292 cm³/mol. The zero-order valence-corrected chi connectivity index (χ0v) is 59.0. The van der Waals surface area contributed by atoms with Crippen molar-refractivity contribution in [2.24, 2.45) is 0 Å². The van der Waals surface area contributed by atoms with Crippen LogP contribution < -0.4 is 9.25 Å². The summed E-state index contributed by atoms with van der Waals surface area (Å²) in [4.78, 5) is 0. The van der Waals surface area contributed by atoms with Crippen LogP contribution in [0.5, 0.6) is 0 Å². The molecule has 2 unspecified atom stereocenters. The Balaban J connectivity index is -0.0000000992. The molecule has 0 N–H and O–H groups in total. The van der Waals surface area contributed by atoms with E-state index in [-0.39, 0.29) is 333 Å². The summed E-state index contributed by atoms with van der Waals surface area (Å²) in [7, 11) is 0. The molecule has 0 amide bonds. The van der Waals surface area contributed by atoms with Gasteiger partial charge < -0.3 is 29.7 Å². The molecule has 3 nitrogen and oxygen atoms in total.